The van der Waals surface area contributed by atoms with Crippen LogP contribution in [0.5, 0.6) is 17.2 Å². The SMILES string of the molecule is CCNC(=NCc1cc(OC)c(OC)c(OC)c1)NCc1ccc(S(N)(=O)=O)cc1.I. The van der Waals surface area contributed by atoms with E-state index in [0.29, 0.717) is 42.8 Å². The van der Waals surface area contributed by atoms with E-state index in [1.54, 1.807) is 33.5 Å². The van der Waals surface area contributed by atoms with Crippen LogP contribution in [0.2, 0.25) is 0 Å². The molecule has 172 valence electrons. The Morgan fingerprint density at radius 3 is 2.00 bits per heavy atom. The van der Waals surface area contributed by atoms with Crippen molar-refractivity contribution in [3.63, 3.8) is 0 Å². The van der Waals surface area contributed by atoms with E-state index >= 15 is 0 Å². The standard InChI is InChI=1S/C20H28N4O5S.HI/c1-5-22-20(23-12-14-6-8-16(9-7-14)30(21,25)26)24-13-15-10-17(27-2)19(29-4)18(11-15)28-3;/h6-11H,5,12-13H2,1-4H3,(H2,21,25,26)(H2,22,23,24);1H. The third kappa shape index (κ3) is 7.74. The maximum Gasteiger partial charge on any atom is 0.238 e. The van der Waals surface area contributed by atoms with E-state index in [1.165, 1.54) is 12.1 Å². The summed E-state index contributed by atoms with van der Waals surface area (Å²) in [6.45, 7) is 3.51. The lowest BCUT2D eigenvalue weighted by molar-refractivity contribution is 0.324. The Kier molecular flexibility index (Phi) is 10.9. The fraction of sp³-hybridized carbons (Fsp3) is 0.350. The molecule has 31 heavy (non-hydrogen) atoms. The van der Waals surface area contributed by atoms with E-state index in [2.05, 4.69) is 15.6 Å². The number of halogens is 1. The number of methoxy groups -OCH3 is 3. The maximum atomic E-state index is 11.4. The van der Waals surface area contributed by atoms with Gasteiger partial charge in [0.2, 0.25) is 15.8 Å². The molecule has 0 aliphatic carbocycles. The molecule has 2 aromatic rings. The summed E-state index contributed by atoms with van der Waals surface area (Å²) in [4.78, 5) is 4.67. The molecule has 0 bridgehead atoms. The minimum atomic E-state index is -3.70. The number of rotatable bonds is 9. The van der Waals surface area contributed by atoms with Gasteiger partial charge in [0.15, 0.2) is 17.5 Å². The average molecular weight is 564 g/mol. The van der Waals surface area contributed by atoms with Gasteiger partial charge in [0.25, 0.3) is 0 Å². The molecular formula is C20H29IN4O5S. The number of nitrogens with zero attached hydrogens (tertiary/aromatic N) is 1. The van der Waals surface area contributed by atoms with Gasteiger partial charge in [-0.2, -0.15) is 0 Å². The molecule has 0 fully saturated rings. The van der Waals surface area contributed by atoms with Crippen molar-refractivity contribution in [2.45, 2.75) is 24.9 Å². The van der Waals surface area contributed by atoms with Crippen molar-refractivity contribution in [1.29, 1.82) is 0 Å². The number of hydrogen-bond donors (Lipinski definition) is 3. The Morgan fingerprint density at radius 1 is 0.968 bits per heavy atom. The number of aliphatic imine (C=N–C) groups is 1. The van der Waals surface area contributed by atoms with Gasteiger partial charge < -0.3 is 24.8 Å². The average Bonchev–Trinajstić information content (AvgIpc) is 2.74. The largest absolute Gasteiger partial charge is 0.493 e. The van der Waals surface area contributed by atoms with E-state index in [-0.39, 0.29) is 28.9 Å². The summed E-state index contributed by atoms with van der Waals surface area (Å²) in [6.07, 6.45) is 0. The molecule has 11 heteroatoms. The number of sulfonamides is 1. The molecule has 9 nitrogen and oxygen atoms in total. The van der Waals surface area contributed by atoms with Crippen molar-refractivity contribution >= 4 is 40.0 Å². The first-order valence-corrected chi connectivity index (χ1v) is 10.8. The van der Waals surface area contributed by atoms with E-state index in [0.717, 1.165) is 11.1 Å². The molecule has 0 heterocycles. The third-order valence-electron chi connectivity index (χ3n) is 4.20. The number of benzene rings is 2. The van der Waals surface area contributed by atoms with Gasteiger partial charge in [0, 0.05) is 13.1 Å². The number of nitrogens with two attached hydrogens (primary N) is 1. The molecule has 0 saturated carbocycles. The second-order valence-corrected chi connectivity index (χ2v) is 7.83. The number of primary sulfonamides is 1. The first kappa shape index (κ1) is 26.8. The van der Waals surface area contributed by atoms with Crippen molar-refractivity contribution in [3.8, 4) is 17.2 Å². The summed E-state index contributed by atoms with van der Waals surface area (Å²) in [7, 11) is 0.988. The summed E-state index contributed by atoms with van der Waals surface area (Å²) < 4.78 is 38.8. The van der Waals surface area contributed by atoms with E-state index in [9.17, 15) is 8.42 Å². The highest BCUT2D eigenvalue weighted by molar-refractivity contribution is 14.0. The molecule has 0 atom stereocenters. The number of hydrogen-bond acceptors (Lipinski definition) is 6. The quantitative estimate of drug-likeness (QED) is 0.243. The van der Waals surface area contributed by atoms with Gasteiger partial charge in [0.05, 0.1) is 32.8 Å². The summed E-state index contributed by atoms with van der Waals surface area (Å²) in [5.74, 6) is 2.27. The summed E-state index contributed by atoms with van der Waals surface area (Å²) in [5, 5.41) is 11.5. The Balaban J connectivity index is 0.00000480. The molecule has 0 radical (unpaired) electrons. The van der Waals surface area contributed by atoms with Crippen LogP contribution in [-0.2, 0) is 23.1 Å². The first-order chi connectivity index (χ1) is 14.3. The predicted octanol–water partition coefficient (Wildman–Crippen LogP) is 2.23. The van der Waals surface area contributed by atoms with Crippen LogP contribution in [0.25, 0.3) is 0 Å². The van der Waals surface area contributed by atoms with Gasteiger partial charge in [0.1, 0.15) is 0 Å². The fourth-order valence-electron chi connectivity index (χ4n) is 2.72. The molecule has 2 aromatic carbocycles. The monoisotopic (exact) mass is 564 g/mol. The van der Waals surface area contributed by atoms with Gasteiger partial charge in [-0.1, -0.05) is 12.1 Å². The zero-order chi connectivity index (χ0) is 22.1. The van der Waals surface area contributed by atoms with Gasteiger partial charge >= 0.3 is 0 Å². The second kappa shape index (κ2) is 12.6. The molecule has 2 rings (SSSR count). The topological polar surface area (TPSA) is 124 Å². The third-order valence-corrected chi connectivity index (χ3v) is 5.13. The molecule has 0 spiro atoms. The van der Waals surface area contributed by atoms with Gasteiger partial charge in [-0.05, 0) is 42.3 Å². The van der Waals surface area contributed by atoms with Crippen LogP contribution >= 0.6 is 24.0 Å². The van der Waals surface area contributed by atoms with Crippen molar-refractivity contribution < 1.29 is 22.6 Å². The highest BCUT2D eigenvalue weighted by atomic mass is 127. The fourth-order valence-corrected chi connectivity index (χ4v) is 3.24. The lowest BCUT2D eigenvalue weighted by Gasteiger charge is -2.14. The van der Waals surface area contributed by atoms with Gasteiger partial charge in [-0.3, -0.25) is 0 Å². The Labute approximate surface area is 200 Å². The summed E-state index contributed by atoms with van der Waals surface area (Å²) in [5.41, 5.74) is 1.78. The summed E-state index contributed by atoms with van der Waals surface area (Å²) >= 11 is 0. The van der Waals surface area contributed by atoms with Crippen LogP contribution in [0.3, 0.4) is 0 Å². The highest BCUT2D eigenvalue weighted by Gasteiger charge is 2.13. The Bertz CT molecular complexity index is 957. The van der Waals surface area contributed by atoms with Gasteiger partial charge in [-0.15, -0.1) is 24.0 Å². The lowest BCUT2D eigenvalue weighted by Crippen LogP contribution is -2.36. The Hall–Kier alpha value is -2.25. The summed E-state index contributed by atoms with van der Waals surface area (Å²) in [6, 6.07) is 10.1. The number of guanidine groups is 1. The van der Waals surface area contributed by atoms with Crippen molar-refractivity contribution in [2.75, 3.05) is 27.9 Å². The molecule has 0 amide bonds. The maximum absolute atomic E-state index is 11.4. The van der Waals surface area contributed by atoms with Crippen LogP contribution in [0.4, 0.5) is 0 Å². The van der Waals surface area contributed by atoms with Crippen LogP contribution in [-0.4, -0.2) is 42.3 Å². The second-order valence-electron chi connectivity index (χ2n) is 6.27. The molecule has 0 aliphatic rings. The van der Waals surface area contributed by atoms with E-state index in [4.69, 9.17) is 19.3 Å². The minimum Gasteiger partial charge on any atom is -0.493 e. The van der Waals surface area contributed by atoms with Crippen LogP contribution in [0, 0.1) is 0 Å². The number of ether oxygens (including phenoxy) is 3. The van der Waals surface area contributed by atoms with E-state index < -0.39 is 10.0 Å². The smallest absolute Gasteiger partial charge is 0.238 e. The molecule has 0 unspecified atom stereocenters. The molecule has 0 aromatic heterocycles. The van der Waals surface area contributed by atoms with Gasteiger partial charge in [-0.25, -0.2) is 18.5 Å². The zero-order valence-corrected chi connectivity index (χ0v) is 21.1. The lowest BCUT2D eigenvalue weighted by atomic mass is 10.2. The molecule has 0 aliphatic heterocycles. The van der Waals surface area contributed by atoms with Crippen LogP contribution in [0.1, 0.15) is 18.1 Å². The first-order valence-electron chi connectivity index (χ1n) is 9.25. The predicted molar refractivity (Wildman–Crippen MR) is 131 cm³/mol. The zero-order valence-electron chi connectivity index (χ0n) is 18.0. The van der Waals surface area contributed by atoms with Crippen LogP contribution in [0.15, 0.2) is 46.3 Å². The van der Waals surface area contributed by atoms with Crippen LogP contribution < -0.4 is 30.0 Å². The molecule has 0 saturated heterocycles. The van der Waals surface area contributed by atoms with Crippen molar-refractivity contribution in [2.24, 2.45) is 10.1 Å². The number of nitrogens with one attached hydrogen (secondary N) is 2. The molecular weight excluding hydrogens is 535 g/mol. The Morgan fingerprint density at radius 2 is 1.55 bits per heavy atom. The molecule has 4 N–H and O–H groups in total. The van der Waals surface area contributed by atoms with Crippen molar-refractivity contribution in [3.05, 3.63) is 47.5 Å². The van der Waals surface area contributed by atoms with Crippen molar-refractivity contribution in [1.82, 2.24) is 10.6 Å². The normalized spacial score (nSPS) is 11.3. The minimum absolute atomic E-state index is 0. The van der Waals surface area contributed by atoms with E-state index in [1.807, 2.05) is 19.1 Å². The highest BCUT2D eigenvalue weighted by Crippen LogP contribution is 2.38.